The zero-order valence-electron chi connectivity index (χ0n) is 13.3. The third-order valence-corrected chi connectivity index (χ3v) is 4.93. The molecular formula is C17H21FN2O3. The standard InChI is InChI=1S/C17H21FN2O3/c1-10-3-4-11(5-15(10)18)17(22)20-6-12-8-23-9-14(13(12)7-20)16(21)19-2/h3-5,12-14H,6-9H2,1-2H3,(H,19,21)/t12-,13-,14-/m1/s1. The lowest BCUT2D eigenvalue weighted by molar-refractivity contribution is -0.133. The number of carbonyl (C=O) groups excluding carboxylic acids is 2. The molecule has 2 amide bonds. The van der Waals surface area contributed by atoms with Crippen molar-refractivity contribution < 1.29 is 18.7 Å². The van der Waals surface area contributed by atoms with Crippen LogP contribution in [0.25, 0.3) is 0 Å². The maximum absolute atomic E-state index is 13.7. The van der Waals surface area contributed by atoms with E-state index in [1.165, 1.54) is 6.07 Å². The van der Waals surface area contributed by atoms with Crippen molar-refractivity contribution >= 4 is 11.8 Å². The molecule has 1 N–H and O–H groups in total. The van der Waals surface area contributed by atoms with E-state index in [9.17, 15) is 14.0 Å². The molecule has 2 fully saturated rings. The third kappa shape index (κ3) is 2.95. The molecule has 0 saturated carbocycles. The molecular weight excluding hydrogens is 299 g/mol. The number of hydrogen-bond donors (Lipinski definition) is 1. The fraction of sp³-hybridized carbons (Fsp3) is 0.529. The van der Waals surface area contributed by atoms with Crippen molar-refractivity contribution in [2.24, 2.45) is 17.8 Å². The topological polar surface area (TPSA) is 58.6 Å². The van der Waals surface area contributed by atoms with Crippen LogP contribution in [-0.2, 0) is 9.53 Å². The molecule has 23 heavy (non-hydrogen) atoms. The zero-order valence-corrected chi connectivity index (χ0v) is 13.3. The normalized spacial score (nSPS) is 26.7. The van der Waals surface area contributed by atoms with E-state index in [-0.39, 0.29) is 35.4 Å². The molecule has 2 aliphatic rings. The van der Waals surface area contributed by atoms with Crippen molar-refractivity contribution in [3.05, 3.63) is 35.1 Å². The maximum atomic E-state index is 13.7. The fourth-order valence-electron chi connectivity index (χ4n) is 3.53. The summed E-state index contributed by atoms with van der Waals surface area (Å²) in [4.78, 5) is 26.3. The van der Waals surface area contributed by atoms with Crippen LogP contribution >= 0.6 is 0 Å². The Labute approximate surface area is 134 Å². The van der Waals surface area contributed by atoms with Crippen LogP contribution in [0.1, 0.15) is 15.9 Å². The molecule has 0 spiro atoms. The monoisotopic (exact) mass is 320 g/mol. The fourth-order valence-corrected chi connectivity index (χ4v) is 3.53. The summed E-state index contributed by atoms with van der Waals surface area (Å²) in [5.74, 6) is -0.581. The molecule has 5 nitrogen and oxygen atoms in total. The van der Waals surface area contributed by atoms with Gasteiger partial charge in [-0.3, -0.25) is 9.59 Å². The second kappa shape index (κ2) is 6.28. The second-order valence-corrected chi connectivity index (χ2v) is 6.36. The number of benzene rings is 1. The van der Waals surface area contributed by atoms with Gasteiger partial charge in [0, 0.05) is 31.6 Å². The van der Waals surface area contributed by atoms with Gasteiger partial charge in [0.15, 0.2) is 0 Å². The highest BCUT2D eigenvalue weighted by Crippen LogP contribution is 2.35. The van der Waals surface area contributed by atoms with E-state index in [2.05, 4.69) is 5.32 Å². The van der Waals surface area contributed by atoms with Gasteiger partial charge < -0.3 is 15.0 Å². The molecule has 0 aliphatic carbocycles. The molecule has 6 heteroatoms. The highest BCUT2D eigenvalue weighted by atomic mass is 19.1. The average molecular weight is 320 g/mol. The minimum absolute atomic E-state index is 0.0459. The SMILES string of the molecule is CNC(=O)[C@@H]1COC[C@H]2CN(C(=O)c3ccc(C)c(F)c3)C[C@H]21. The van der Waals surface area contributed by atoms with Crippen molar-refractivity contribution in [3.63, 3.8) is 0 Å². The summed E-state index contributed by atoms with van der Waals surface area (Å²) in [6.45, 7) is 3.68. The molecule has 0 bridgehead atoms. The predicted molar refractivity (Wildman–Crippen MR) is 82.4 cm³/mol. The summed E-state index contributed by atoms with van der Waals surface area (Å²) in [6, 6.07) is 4.55. The van der Waals surface area contributed by atoms with Crippen LogP contribution in [0.2, 0.25) is 0 Å². The number of nitrogens with zero attached hydrogens (tertiary/aromatic N) is 1. The largest absolute Gasteiger partial charge is 0.380 e. The molecule has 1 aromatic carbocycles. The quantitative estimate of drug-likeness (QED) is 0.891. The number of halogens is 1. The summed E-state index contributed by atoms with van der Waals surface area (Å²) >= 11 is 0. The Morgan fingerprint density at radius 1 is 1.30 bits per heavy atom. The van der Waals surface area contributed by atoms with E-state index >= 15 is 0 Å². The van der Waals surface area contributed by atoms with Crippen LogP contribution in [0.3, 0.4) is 0 Å². The van der Waals surface area contributed by atoms with Crippen molar-refractivity contribution in [1.29, 1.82) is 0 Å². The number of rotatable bonds is 2. The molecule has 3 atom stereocenters. The van der Waals surface area contributed by atoms with Crippen LogP contribution in [0, 0.1) is 30.5 Å². The van der Waals surface area contributed by atoms with Crippen molar-refractivity contribution in [2.45, 2.75) is 6.92 Å². The number of likely N-dealkylation sites (tertiary alicyclic amines) is 1. The number of aryl methyl sites for hydroxylation is 1. The lowest BCUT2D eigenvalue weighted by Gasteiger charge is -2.31. The van der Waals surface area contributed by atoms with E-state index < -0.39 is 0 Å². The lowest BCUT2D eigenvalue weighted by atomic mass is 9.82. The van der Waals surface area contributed by atoms with Gasteiger partial charge in [0.1, 0.15) is 5.82 Å². The molecule has 2 saturated heterocycles. The minimum Gasteiger partial charge on any atom is -0.380 e. The van der Waals surface area contributed by atoms with Crippen molar-refractivity contribution in [1.82, 2.24) is 10.2 Å². The van der Waals surface area contributed by atoms with Gasteiger partial charge in [0.2, 0.25) is 5.91 Å². The average Bonchev–Trinajstić information content (AvgIpc) is 3.00. The van der Waals surface area contributed by atoms with Gasteiger partial charge in [-0.05, 0) is 30.5 Å². The number of ether oxygens (including phenoxy) is 1. The summed E-state index contributed by atoms with van der Waals surface area (Å²) in [5.41, 5.74) is 0.869. The lowest BCUT2D eigenvalue weighted by Crippen LogP contribution is -2.43. The molecule has 3 rings (SSSR count). The number of carbonyl (C=O) groups is 2. The Morgan fingerprint density at radius 2 is 2.09 bits per heavy atom. The Hall–Kier alpha value is -1.95. The zero-order chi connectivity index (χ0) is 16.6. The van der Waals surface area contributed by atoms with Crippen molar-refractivity contribution in [3.8, 4) is 0 Å². The first-order valence-corrected chi connectivity index (χ1v) is 7.86. The van der Waals surface area contributed by atoms with Crippen LogP contribution in [0.5, 0.6) is 0 Å². The van der Waals surface area contributed by atoms with Gasteiger partial charge in [-0.15, -0.1) is 0 Å². The molecule has 0 unspecified atom stereocenters. The molecule has 0 radical (unpaired) electrons. The summed E-state index contributed by atoms with van der Waals surface area (Å²) < 4.78 is 19.2. The molecule has 2 heterocycles. The smallest absolute Gasteiger partial charge is 0.253 e. The summed E-state index contributed by atoms with van der Waals surface area (Å²) in [7, 11) is 1.61. The third-order valence-electron chi connectivity index (χ3n) is 4.93. The Balaban J connectivity index is 1.76. The van der Waals surface area contributed by atoms with Gasteiger partial charge in [-0.2, -0.15) is 0 Å². The van der Waals surface area contributed by atoms with E-state index in [1.807, 2.05) is 0 Å². The van der Waals surface area contributed by atoms with Crippen LogP contribution < -0.4 is 5.32 Å². The summed E-state index contributed by atoms with van der Waals surface area (Å²) in [5, 5.41) is 2.66. The van der Waals surface area contributed by atoms with E-state index in [4.69, 9.17) is 4.74 Å². The van der Waals surface area contributed by atoms with Crippen LogP contribution in [0.15, 0.2) is 18.2 Å². The second-order valence-electron chi connectivity index (χ2n) is 6.36. The van der Waals surface area contributed by atoms with Gasteiger partial charge in [0.05, 0.1) is 19.1 Å². The van der Waals surface area contributed by atoms with Gasteiger partial charge >= 0.3 is 0 Å². The Bertz CT molecular complexity index is 634. The van der Waals surface area contributed by atoms with E-state index in [0.29, 0.717) is 37.4 Å². The molecule has 124 valence electrons. The Kier molecular flexibility index (Phi) is 4.35. The van der Waals surface area contributed by atoms with Crippen LogP contribution in [-0.4, -0.2) is 50.1 Å². The Morgan fingerprint density at radius 3 is 2.78 bits per heavy atom. The highest BCUT2D eigenvalue weighted by molar-refractivity contribution is 5.94. The van der Waals surface area contributed by atoms with Gasteiger partial charge in [-0.1, -0.05) is 6.07 Å². The first-order valence-electron chi connectivity index (χ1n) is 7.86. The number of amides is 2. The van der Waals surface area contributed by atoms with E-state index in [1.54, 1.807) is 31.0 Å². The molecule has 2 aliphatic heterocycles. The van der Waals surface area contributed by atoms with Gasteiger partial charge in [0.25, 0.3) is 5.91 Å². The maximum Gasteiger partial charge on any atom is 0.253 e. The van der Waals surface area contributed by atoms with Gasteiger partial charge in [-0.25, -0.2) is 4.39 Å². The predicted octanol–water partition coefficient (Wildman–Crippen LogP) is 1.21. The minimum atomic E-state index is -0.376. The van der Waals surface area contributed by atoms with E-state index in [0.717, 1.165) is 0 Å². The number of hydrogen-bond acceptors (Lipinski definition) is 3. The number of nitrogens with one attached hydrogen (secondary N) is 1. The summed E-state index contributed by atoms with van der Waals surface area (Å²) in [6.07, 6.45) is 0. The number of fused-ring (bicyclic) bond motifs is 1. The van der Waals surface area contributed by atoms with Crippen LogP contribution in [0.4, 0.5) is 4.39 Å². The molecule has 1 aromatic rings. The molecule has 0 aromatic heterocycles. The van der Waals surface area contributed by atoms with Crippen molar-refractivity contribution in [2.75, 3.05) is 33.4 Å². The first kappa shape index (κ1) is 15.9. The highest BCUT2D eigenvalue weighted by Gasteiger charge is 2.45. The first-order chi connectivity index (χ1) is 11.0.